The van der Waals surface area contributed by atoms with Gasteiger partial charge in [0.1, 0.15) is 6.61 Å². The van der Waals surface area contributed by atoms with Crippen molar-refractivity contribution >= 4 is 22.3 Å². The van der Waals surface area contributed by atoms with E-state index in [4.69, 9.17) is 4.74 Å². The van der Waals surface area contributed by atoms with Gasteiger partial charge in [0.25, 0.3) is 0 Å². The lowest BCUT2D eigenvalue weighted by Gasteiger charge is -2.27. The second kappa shape index (κ2) is 6.35. The zero-order valence-electron chi connectivity index (χ0n) is 15.3. The molecular formula is C22H21N3O2. The zero-order chi connectivity index (χ0) is 18.4. The minimum atomic E-state index is -0.215. The van der Waals surface area contributed by atoms with E-state index in [9.17, 15) is 4.79 Å². The molecule has 2 aliphatic heterocycles. The quantitative estimate of drug-likeness (QED) is 0.671. The summed E-state index contributed by atoms with van der Waals surface area (Å²) >= 11 is 0. The van der Waals surface area contributed by atoms with Crippen molar-refractivity contribution in [2.75, 3.05) is 13.1 Å². The van der Waals surface area contributed by atoms with Gasteiger partial charge in [0.15, 0.2) is 0 Å². The molecule has 0 saturated carbocycles. The molecule has 0 radical (unpaired) electrons. The first-order valence-corrected chi connectivity index (χ1v) is 9.30. The summed E-state index contributed by atoms with van der Waals surface area (Å²) in [5.74, 6) is -0.215. The third kappa shape index (κ3) is 2.84. The van der Waals surface area contributed by atoms with Gasteiger partial charge in [0.2, 0.25) is 0 Å². The first kappa shape index (κ1) is 16.3. The number of aromatic nitrogens is 2. The van der Waals surface area contributed by atoms with Gasteiger partial charge < -0.3 is 4.74 Å². The van der Waals surface area contributed by atoms with Gasteiger partial charge in [-0.2, -0.15) is 5.10 Å². The summed E-state index contributed by atoms with van der Waals surface area (Å²) in [5, 5.41) is 6.51. The predicted molar refractivity (Wildman–Crippen MR) is 104 cm³/mol. The van der Waals surface area contributed by atoms with Crippen molar-refractivity contribution in [3.8, 4) is 0 Å². The van der Waals surface area contributed by atoms with Crippen LogP contribution in [0.4, 0.5) is 0 Å². The number of cyclic esters (lactones) is 1. The van der Waals surface area contributed by atoms with E-state index in [1.807, 2.05) is 30.1 Å². The third-order valence-corrected chi connectivity index (χ3v) is 5.56. The lowest BCUT2D eigenvalue weighted by Crippen LogP contribution is -2.28. The molecule has 27 heavy (non-hydrogen) atoms. The number of nitrogens with zero attached hydrogens (tertiary/aromatic N) is 3. The first-order valence-electron chi connectivity index (χ1n) is 9.30. The molecule has 0 fully saturated rings. The summed E-state index contributed by atoms with van der Waals surface area (Å²) in [6.45, 7) is 3.20. The second-order valence-electron chi connectivity index (χ2n) is 7.31. The average molecular weight is 359 g/mol. The van der Waals surface area contributed by atoms with Gasteiger partial charge in [-0.3, -0.25) is 9.58 Å². The first-order chi connectivity index (χ1) is 13.2. The zero-order valence-corrected chi connectivity index (χ0v) is 15.3. The number of ether oxygens (including phenoxy) is 1. The number of hydrogen-bond donors (Lipinski definition) is 0. The van der Waals surface area contributed by atoms with Crippen molar-refractivity contribution in [3.63, 3.8) is 0 Å². The van der Waals surface area contributed by atoms with Crippen LogP contribution in [0.3, 0.4) is 0 Å². The summed E-state index contributed by atoms with van der Waals surface area (Å²) in [5.41, 5.74) is 5.65. The Morgan fingerprint density at radius 3 is 2.93 bits per heavy atom. The van der Waals surface area contributed by atoms with Crippen LogP contribution in [0.15, 0.2) is 48.8 Å². The van der Waals surface area contributed by atoms with Gasteiger partial charge in [-0.1, -0.05) is 30.3 Å². The molecule has 0 amide bonds. The molecule has 0 spiro atoms. The van der Waals surface area contributed by atoms with Gasteiger partial charge in [-0.05, 0) is 34.6 Å². The fourth-order valence-electron chi connectivity index (χ4n) is 4.13. The van der Waals surface area contributed by atoms with Crippen LogP contribution in [0.25, 0.3) is 16.3 Å². The lowest BCUT2D eigenvalue weighted by atomic mass is 9.93. The maximum atomic E-state index is 12.1. The van der Waals surface area contributed by atoms with E-state index in [2.05, 4.69) is 40.5 Å². The largest absolute Gasteiger partial charge is 0.457 e. The SMILES string of the molecule is Cn1cc(C2=CCN(Cc3ccc4c5c(cccc35)C(=O)OC4)CC2)cn1. The smallest absolute Gasteiger partial charge is 0.339 e. The Morgan fingerprint density at radius 2 is 2.15 bits per heavy atom. The molecule has 3 heterocycles. The average Bonchev–Trinajstić information content (AvgIpc) is 3.13. The number of hydrogen-bond acceptors (Lipinski definition) is 4. The number of carbonyl (C=O) groups excluding carboxylic acids is 1. The summed E-state index contributed by atoms with van der Waals surface area (Å²) in [4.78, 5) is 14.5. The highest BCUT2D eigenvalue weighted by atomic mass is 16.5. The van der Waals surface area contributed by atoms with E-state index in [0.717, 1.165) is 37.0 Å². The van der Waals surface area contributed by atoms with Gasteiger partial charge >= 0.3 is 5.97 Å². The summed E-state index contributed by atoms with van der Waals surface area (Å²) in [6.07, 6.45) is 7.35. The molecule has 5 rings (SSSR count). The van der Waals surface area contributed by atoms with Crippen LogP contribution in [-0.2, 0) is 24.9 Å². The molecule has 0 aliphatic carbocycles. The Hall–Kier alpha value is -2.92. The Bertz CT molecular complexity index is 1080. The van der Waals surface area contributed by atoms with E-state index >= 15 is 0 Å². The molecule has 5 heteroatoms. The van der Waals surface area contributed by atoms with E-state index < -0.39 is 0 Å². The van der Waals surface area contributed by atoms with Crippen LogP contribution in [0.2, 0.25) is 0 Å². The fourth-order valence-corrected chi connectivity index (χ4v) is 4.13. The molecule has 0 bridgehead atoms. The molecule has 3 aromatic rings. The van der Waals surface area contributed by atoms with Crippen LogP contribution in [0.1, 0.15) is 33.5 Å². The van der Waals surface area contributed by atoms with Crippen LogP contribution in [-0.4, -0.2) is 33.7 Å². The van der Waals surface area contributed by atoms with Crippen molar-refractivity contribution in [1.82, 2.24) is 14.7 Å². The van der Waals surface area contributed by atoms with Crippen LogP contribution < -0.4 is 0 Å². The van der Waals surface area contributed by atoms with Gasteiger partial charge in [-0.15, -0.1) is 0 Å². The van der Waals surface area contributed by atoms with E-state index in [1.165, 1.54) is 22.1 Å². The van der Waals surface area contributed by atoms with Gasteiger partial charge in [-0.25, -0.2) is 4.79 Å². The molecule has 0 saturated heterocycles. The van der Waals surface area contributed by atoms with E-state index in [-0.39, 0.29) is 5.97 Å². The minimum Gasteiger partial charge on any atom is -0.457 e. The minimum absolute atomic E-state index is 0.215. The molecule has 0 atom stereocenters. The van der Waals surface area contributed by atoms with Crippen molar-refractivity contribution in [2.24, 2.45) is 7.05 Å². The molecule has 2 aromatic carbocycles. The normalized spacial score (nSPS) is 17.1. The molecule has 0 unspecified atom stereocenters. The van der Waals surface area contributed by atoms with E-state index in [1.54, 1.807) is 0 Å². The van der Waals surface area contributed by atoms with Crippen molar-refractivity contribution in [3.05, 3.63) is 71.1 Å². The molecule has 2 aliphatic rings. The van der Waals surface area contributed by atoms with Gasteiger partial charge in [0, 0.05) is 43.8 Å². The summed E-state index contributed by atoms with van der Waals surface area (Å²) in [6, 6.07) is 10.2. The maximum absolute atomic E-state index is 12.1. The molecular weight excluding hydrogens is 338 g/mol. The fraction of sp³-hybridized carbons (Fsp3) is 0.273. The third-order valence-electron chi connectivity index (χ3n) is 5.56. The highest BCUT2D eigenvalue weighted by Crippen LogP contribution is 2.32. The summed E-state index contributed by atoms with van der Waals surface area (Å²) < 4.78 is 7.13. The maximum Gasteiger partial charge on any atom is 0.339 e. The van der Waals surface area contributed by atoms with Crippen molar-refractivity contribution in [2.45, 2.75) is 19.6 Å². The number of carbonyl (C=O) groups is 1. The van der Waals surface area contributed by atoms with Crippen molar-refractivity contribution in [1.29, 1.82) is 0 Å². The van der Waals surface area contributed by atoms with Crippen LogP contribution in [0, 0.1) is 0 Å². The Balaban J connectivity index is 1.42. The van der Waals surface area contributed by atoms with Gasteiger partial charge in [0.05, 0.1) is 11.8 Å². The monoisotopic (exact) mass is 359 g/mol. The number of benzene rings is 2. The molecule has 136 valence electrons. The van der Waals surface area contributed by atoms with Crippen molar-refractivity contribution < 1.29 is 9.53 Å². The number of rotatable bonds is 3. The van der Waals surface area contributed by atoms with E-state index in [0.29, 0.717) is 12.2 Å². The Morgan fingerprint density at radius 1 is 1.22 bits per heavy atom. The Kier molecular flexibility index (Phi) is 3.83. The standard InChI is InChI=1S/C22H21N3O2/c1-24-12-18(11-23-24)15-7-9-25(10-8-15)13-16-5-6-17-14-27-22(26)20-4-2-3-19(16)21(17)20/h2-7,11-12H,8-10,13-14H2,1H3. The number of esters is 1. The highest BCUT2D eigenvalue weighted by Gasteiger charge is 2.22. The van der Waals surface area contributed by atoms with Crippen LogP contribution >= 0.6 is 0 Å². The lowest BCUT2D eigenvalue weighted by molar-refractivity contribution is 0.0463. The van der Waals surface area contributed by atoms with Crippen LogP contribution in [0.5, 0.6) is 0 Å². The highest BCUT2D eigenvalue weighted by molar-refractivity contribution is 6.08. The molecule has 0 N–H and O–H groups in total. The molecule has 5 nitrogen and oxygen atoms in total. The predicted octanol–water partition coefficient (Wildman–Crippen LogP) is 3.53. The molecule has 1 aromatic heterocycles. The topological polar surface area (TPSA) is 47.4 Å². The Labute approximate surface area is 157 Å². The number of aryl methyl sites for hydroxylation is 1. The summed E-state index contributed by atoms with van der Waals surface area (Å²) in [7, 11) is 1.95. The second-order valence-corrected chi connectivity index (χ2v) is 7.31.